The van der Waals surface area contributed by atoms with Gasteiger partial charge in [0, 0.05) is 29.6 Å². The number of fused-ring (bicyclic) bond motifs is 1. The normalized spacial score (nSPS) is 17.0. The third-order valence-electron chi connectivity index (χ3n) is 6.91. The summed E-state index contributed by atoms with van der Waals surface area (Å²) < 4.78 is 28.8. The minimum Gasteiger partial charge on any atom is -0.477 e. The van der Waals surface area contributed by atoms with Crippen LogP contribution in [-0.2, 0) is 15.9 Å². The van der Waals surface area contributed by atoms with Gasteiger partial charge in [-0.2, -0.15) is 0 Å². The van der Waals surface area contributed by atoms with E-state index in [4.69, 9.17) is 21.1 Å². The third-order valence-corrected chi connectivity index (χ3v) is 7.32. The van der Waals surface area contributed by atoms with Crippen LogP contribution in [0.2, 0.25) is 5.02 Å². The molecule has 2 atom stereocenters. The Hall–Kier alpha value is -2.74. The van der Waals surface area contributed by atoms with Crippen LogP contribution in [0.1, 0.15) is 66.2 Å². The zero-order valence-electron chi connectivity index (χ0n) is 20.7. The van der Waals surface area contributed by atoms with Gasteiger partial charge in [-0.3, -0.25) is 4.79 Å². The zero-order chi connectivity index (χ0) is 26.0. The Bertz CT molecular complexity index is 1330. The van der Waals surface area contributed by atoms with Crippen molar-refractivity contribution in [2.75, 3.05) is 13.2 Å². The summed E-state index contributed by atoms with van der Waals surface area (Å²) in [7, 11) is 0. The maximum absolute atomic E-state index is 15.4. The number of carboxylic acids is 1. The van der Waals surface area contributed by atoms with Gasteiger partial charge in [0.15, 0.2) is 6.29 Å². The smallest absolute Gasteiger partial charge is 0.341 e. The maximum Gasteiger partial charge on any atom is 0.341 e. The zero-order valence-corrected chi connectivity index (χ0v) is 21.5. The van der Waals surface area contributed by atoms with Gasteiger partial charge in [0.25, 0.3) is 0 Å². The summed E-state index contributed by atoms with van der Waals surface area (Å²) in [6.07, 6.45) is 4.01. The van der Waals surface area contributed by atoms with Gasteiger partial charge in [-0.15, -0.1) is 0 Å². The van der Waals surface area contributed by atoms with Gasteiger partial charge in [0.1, 0.15) is 11.4 Å². The number of hydrogen-bond acceptors (Lipinski definition) is 4. The first-order chi connectivity index (χ1) is 17.2. The standard InChI is InChI=1S/C28H31ClFNO5/c1-16(2)25(15-36-26-9-4-5-10-35-26)31-14-21(28(33)34)27(32)20-12-19(23(30)13-24(20)31)11-18-7-6-8-22(29)17(18)3/h6-8,12-14,16,25-26H,4-5,9-11,15H2,1-3H3,(H,33,34). The topological polar surface area (TPSA) is 77.8 Å². The number of rotatable bonds is 8. The van der Waals surface area contributed by atoms with Crippen LogP contribution >= 0.6 is 11.6 Å². The van der Waals surface area contributed by atoms with Crippen LogP contribution < -0.4 is 5.43 Å². The second-order valence-electron chi connectivity index (χ2n) is 9.69. The molecule has 0 radical (unpaired) electrons. The van der Waals surface area contributed by atoms with Crippen LogP contribution in [0.25, 0.3) is 10.9 Å². The number of carboxylic acid groups (broad SMARTS) is 1. The lowest BCUT2D eigenvalue weighted by atomic mass is 9.97. The number of halogens is 2. The van der Waals surface area contributed by atoms with Crippen molar-refractivity contribution in [3.8, 4) is 0 Å². The summed E-state index contributed by atoms with van der Waals surface area (Å²) in [5, 5.41) is 10.5. The Kier molecular flexibility index (Phi) is 8.13. The van der Waals surface area contributed by atoms with E-state index in [0.717, 1.165) is 30.4 Å². The number of hydrogen-bond donors (Lipinski definition) is 1. The lowest BCUT2D eigenvalue weighted by Gasteiger charge is -2.30. The number of carbonyl (C=O) groups is 1. The molecule has 2 unspecified atom stereocenters. The van der Waals surface area contributed by atoms with Crippen LogP contribution in [0.15, 0.2) is 41.3 Å². The average molecular weight is 516 g/mol. The first-order valence-electron chi connectivity index (χ1n) is 12.2. The number of ether oxygens (including phenoxy) is 2. The molecular weight excluding hydrogens is 485 g/mol. The molecule has 6 nitrogen and oxygen atoms in total. The predicted octanol–water partition coefficient (Wildman–Crippen LogP) is 6.13. The van der Waals surface area contributed by atoms with Crippen LogP contribution in [0, 0.1) is 18.7 Å². The van der Waals surface area contributed by atoms with Crippen molar-refractivity contribution >= 4 is 28.5 Å². The van der Waals surface area contributed by atoms with Gasteiger partial charge in [-0.05, 0) is 67.0 Å². The van der Waals surface area contributed by atoms with Gasteiger partial charge < -0.3 is 19.1 Å². The summed E-state index contributed by atoms with van der Waals surface area (Å²) in [6, 6.07) is 7.88. The molecule has 1 saturated heterocycles. The molecule has 2 aromatic carbocycles. The summed E-state index contributed by atoms with van der Waals surface area (Å²) in [5.41, 5.74) is 1.29. The van der Waals surface area contributed by atoms with E-state index >= 15 is 4.39 Å². The van der Waals surface area contributed by atoms with Crippen molar-refractivity contribution in [2.45, 2.75) is 58.8 Å². The van der Waals surface area contributed by atoms with Crippen LogP contribution in [0.3, 0.4) is 0 Å². The Morgan fingerprint density at radius 1 is 1.28 bits per heavy atom. The highest BCUT2D eigenvalue weighted by atomic mass is 35.5. The van der Waals surface area contributed by atoms with Crippen LogP contribution in [0.4, 0.5) is 4.39 Å². The highest BCUT2D eigenvalue weighted by Crippen LogP contribution is 2.29. The molecule has 1 aliphatic rings. The molecule has 1 aliphatic heterocycles. The largest absolute Gasteiger partial charge is 0.477 e. The minimum absolute atomic E-state index is 0.0118. The lowest BCUT2D eigenvalue weighted by molar-refractivity contribution is -0.169. The molecule has 2 heterocycles. The predicted molar refractivity (Wildman–Crippen MR) is 138 cm³/mol. The number of aromatic nitrogens is 1. The SMILES string of the molecule is Cc1c(Cl)cccc1Cc1cc2c(=O)c(C(=O)O)cn(C(COC3CCCCO3)C(C)C)c2cc1F. The average Bonchev–Trinajstić information content (AvgIpc) is 2.84. The van der Waals surface area contributed by atoms with Crippen molar-refractivity contribution in [1.82, 2.24) is 4.57 Å². The summed E-state index contributed by atoms with van der Waals surface area (Å²) in [4.78, 5) is 25.2. The van der Waals surface area contributed by atoms with E-state index in [2.05, 4.69) is 0 Å². The molecule has 8 heteroatoms. The monoisotopic (exact) mass is 515 g/mol. The Labute approximate surface area is 214 Å². The van der Waals surface area contributed by atoms with E-state index in [1.165, 1.54) is 18.3 Å². The molecule has 1 aromatic heterocycles. The fourth-order valence-corrected chi connectivity index (χ4v) is 4.86. The second-order valence-corrected chi connectivity index (χ2v) is 10.1. The first-order valence-corrected chi connectivity index (χ1v) is 12.6. The van der Waals surface area contributed by atoms with E-state index in [9.17, 15) is 14.7 Å². The first kappa shape index (κ1) is 26.3. The fourth-order valence-electron chi connectivity index (χ4n) is 4.67. The molecule has 1 fully saturated rings. The third kappa shape index (κ3) is 5.48. The molecule has 1 N–H and O–H groups in total. The van der Waals surface area contributed by atoms with E-state index in [0.29, 0.717) is 22.7 Å². The van der Waals surface area contributed by atoms with E-state index in [-0.39, 0.29) is 42.2 Å². The lowest BCUT2D eigenvalue weighted by Crippen LogP contribution is -2.30. The molecule has 4 rings (SSSR count). The van der Waals surface area contributed by atoms with E-state index in [1.54, 1.807) is 16.7 Å². The molecule has 192 valence electrons. The van der Waals surface area contributed by atoms with Gasteiger partial charge >= 0.3 is 5.97 Å². The molecule has 36 heavy (non-hydrogen) atoms. The molecule has 0 aliphatic carbocycles. The number of aromatic carboxylic acids is 1. The summed E-state index contributed by atoms with van der Waals surface area (Å²) in [5.74, 6) is -1.79. The second kappa shape index (κ2) is 11.1. The molecule has 0 amide bonds. The molecular formula is C28H31ClFNO5. The Morgan fingerprint density at radius 2 is 2.06 bits per heavy atom. The van der Waals surface area contributed by atoms with E-state index < -0.39 is 17.2 Å². The summed E-state index contributed by atoms with van der Waals surface area (Å²) >= 11 is 6.23. The number of nitrogens with zero attached hydrogens (tertiary/aromatic N) is 1. The van der Waals surface area contributed by atoms with Crippen molar-refractivity contribution in [1.29, 1.82) is 0 Å². The molecule has 0 bridgehead atoms. The highest BCUT2D eigenvalue weighted by Gasteiger charge is 2.25. The molecule has 0 saturated carbocycles. The minimum atomic E-state index is -1.33. The summed E-state index contributed by atoms with van der Waals surface area (Å²) in [6.45, 7) is 6.70. The molecule has 3 aromatic rings. The molecule has 0 spiro atoms. The van der Waals surface area contributed by atoms with Crippen LogP contribution in [-0.4, -0.2) is 35.1 Å². The Morgan fingerprint density at radius 3 is 2.72 bits per heavy atom. The van der Waals surface area contributed by atoms with Crippen LogP contribution in [0.5, 0.6) is 0 Å². The van der Waals surface area contributed by atoms with E-state index in [1.807, 2.05) is 26.8 Å². The Balaban J connectivity index is 1.81. The van der Waals surface area contributed by atoms with Crippen molar-refractivity contribution in [2.24, 2.45) is 5.92 Å². The fraction of sp³-hybridized carbons (Fsp3) is 0.429. The number of pyridine rings is 1. The maximum atomic E-state index is 15.4. The van der Waals surface area contributed by atoms with Crippen molar-refractivity contribution < 1.29 is 23.8 Å². The van der Waals surface area contributed by atoms with Gasteiger partial charge in [-0.1, -0.05) is 37.6 Å². The quantitative estimate of drug-likeness (QED) is 0.390. The number of benzene rings is 2. The highest BCUT2D eigenvalue weighted by molar-refractivity contribution is 6.31. The van der Waals surface area contributed by atoms with Gasteiger partial charge in [-0.25, -0.2) is 9.18 Å². The van der Waals surface area contributed by atoms with Gasteiger partial charge in [0.05, 0.1) is 18.2 Å². The van der Waals surface area contributed by atoms with Gasteiger partial charge in [0.2, 0.25) is 5.43 Å². The van der Waals surface area contributed by atoms with Crippen molar-refractivity contribution in [3.05, 3.63) is 79.8 Å². The van der Waals surface area contributed by atoms with Crippen molar-refractivity contribution in [3.63, 3.8) is 0 Å².